The third-order valence-corrected chi connectivity index (χ3v) is 3.65. The van der Waals surface area contributed by atoms with Crippen molar-refractivity contribution in [2.75, 3.05) is 0 Å². The Morgan fingerprint density at radius 2 is 2.47 bits per heavy atom. The minimum absolute atomic E-state index is 0.391. The molecule has 1 fully saturated rings. The molecule has 0 spiro atoms. The first-order chi connectivity index (χ1) is 7.31. The highest BCUT2D eigenvalue weighted by atomic mass is 32.1. The van der Waals surface area contributed by atoms with Crippen LogP contribution in [0.1, 0.15) is 31.7 Å². The van der Waals surface area contributed by atoms with Gasteiger partial charge in [-0.2, -0.15) is 16.6 Å². The Kier molecular flexibility index (Phi) is 3.40. The molecule has 0 amide bonds. The van der Waals surface area contributed by atoms with Gasteiger partial charge in [-0.05, 0) is 42.2 Å². The van der Waals surface area contributed by atoms with E-state index in [0.29, 0.717) is 12.5 Å². The van der Waals surface area contributed by atoms with Crippen LogP contribution in [0.15, 0.2) is 16.8 Å². The summed E-state index contributed by atoms with van der Waals surface area (Å²) < 4.78 is 0. The molecule has 80 valence electrons. The first-order valence-corrected chi connectivity index (χ1v) is 6.39. The summed E-state index contributed by atoms with van der Waals surface area (Å²) in [5.74, 6) is 0. The summed E-state index contributed by atoms with van der Waals surface area (Å²) in [4.78, 5) is 2.48. The van der Waals surface area contributed by atoms with Gasteiger partial charge >= 0.3 is 0 Å². The van der Waals surface area contributed by atoms with Crippen molar-refractivity contribution < 1.29 is 0 Å². The monoisotopic (exact) mass is 220 g/mol. The first-order valence-electron chi connectivity index (χ1n) is 5.45. The van der Waals surface area contributed by atoms with E-state index in [1.165, 1.54) is 18.4 Å². The molecule has 1 aliphatic carbocycles. The molecule has 1 aromatic heterocycles. The van der Waals surface area contributed by atoms with E-state index >= 15 is 0 Å². The van der Waals surface area contributed by atoms with E-state index < -0.39 is 0 Å². The van der Waals surface area contributed by atoms with Gasteiger partial charge in [0.2, 0.25) is 0 Å². The molecule has 1 unspecified atom stereocenters. The average molecular weight is 220 g/mol. The topological polar surface area (TPSA) is 27.0 Å². The van der Waals surface area contributed by atoms with E-state index in [-0.39, 0.29) is 0 Å². The lowest BCUT2D eigenvalue weighted by molar-refractivity contribution is 0.192. The molecule has 2 nitrogen and oxygen atoms in total. The van der Waals surface area contributed by atoms with Crippen LogP contribution in [0.3, 0.4) is 0 Å². The molecule has 3 heteroatoms. The van der Waals surface area contributed by atoms with Crippen molar-refractivity contribution in [3.05, 3.63) is 22.4 Å². The molecule has 0 saturated heterocycles. The highest BCUT2D eigenvalue weighted by Gasteiger charge is 2.31. The zero-order valence-corrected chi connectivity index (χ0v) is 9.83. The average Bonchev–Trinajstić information content (AvgIpc) is 2.93. The fourth-order valence-electron chi connectivity index (χ4n) is 1.89. The Bertz CT molecular complexity index is 335. The Labute approximate surface area is 95.1 Å². The molecule has 1 heterocycles. The molecule has 15 heavy (non-hydrogen) atoms. The third kappa shape index (κ3) is 2.80. The molecule has 1 saturated carbocycles. The van der Waals surface area contributed by atoms with Crippen LogP contribution < -0.4 is 0 Å². The Morgan fingerprint density at radius 1 is 1.67 bits per heavy atom. The van der Waals surface area contributed by atoms with Crippen LogP contribution in [0.4, 0.5) is 0 Å². The lowest BCUT2D eigenvalue weighted by Gasteiger charge is -2.27. The number of thiophene rings is 1. The number of hydrogen-bond donors (Lipinski definition) is 0. The summed E-state index contributed by atoms with van der Waals surface area (Å²) in [5.41, 5.74) is 1.39. The van der Waals surface area contributed by atoms with E-state index in [1.807, 2.05) is 0 Å². The Balaban J connectivity index is 1.97. The third-order valence-electron chi connectivity index (χ3n) is 2.91. The van der Waals surface area contributed by atoms with E-state index in [1.54, 1.807) is 11.3 Å². The van der Waals surface area contributed by atoms with Crippen LogP contribution >= 0.6 is 11.3 Å². The van der Waals surface area contributed by atoms with E-state index in [9.17, 15) is 0 Å². The van der Waals surface area contributed by atoms with Crippen LogP contribution in [0, 0.1) is 11.3 Å². The molecule has 1 aliphatic rings. The zero-order valence-electron chi connectivity index (χ0n) is 9.02. The second-order valence-electron chi connectivity index (χ2n) is 4.25. The smallest absolute Gasteiger partial charge is 0.0638 e. The van der Waals surface area contributed by atoms with Gasteiger partial charge in [-0.25, -0.2) is 0 Å². The van der Waals surface area contributed by atoms with Crippen LogP contribution in [-0.2, 0) is 6.54 Å². The summed E-state index contributed by atoms with van der Waals surface area (Å²) in [7, 11) is 0. The number of rotatable bonds is 5. The maximum Gasteiger partial charge on any atom is 0.0638 e. The van der Waals surface area contributed by atoms with Gasteiger partial charge in [0.25, 0.3) is 0 Å². The fraction of sp³-hybridized carbons (Fsp3) is 0.583. The number of nitriles is 1. The highest BCUT2D eigenvalue weighted by Crippen LogP contribution is 2.31. The molecule has 1 aromatic rings. The van der Waals surface area contributed by atoms with Crippen molar-refractivity contribution in [2.24, 2.45) is 0 Å². The molecule has 0 N–H and O–H groups in total. The summed E-state index contributed by atoms with van der Waals surface area (Å²) in [6.07, 6.45) is 3.25. The fourth-order valence-corrected chi connectivity index (χ4v) is 2.55. The van der Waals surface area contributed by atoms with E-state index in [4.69, 9.17) is 5.26 Å². The molecular formula is C12H16N2S. The van der Waals surface area contributed by atoms with Gasteiger partial charge in [0, 0.05) is 18.6 Å². The van der Waals surface area contributed by atoms with E-state index in [2.05, 4.69) is 34.7 Å². The van der Waals surface area contributed by atoms with Gasteiger partial charge in [0.1, 0.15) is 0 Å². The van der Waals surface area contributed by atoms with Crippen molar-refractivity contribution in [2.45, 2.75) is 44.8 Å². The van der Waals surface area contributed by atoms with Crippen molar-refractivity contribution in [3.63, 3.8) is 0 Å². The van der Waals surface area contributed by atoms with Crippen LogP contribution in [0.2, 0.25) is 0 Å². The molecule has 0 radical (unpaired) electrons. The van der Waals surface area contributed by atoms with Gasteiger partial charge in [0.05, 0.1) is 12.5 Å². The van der Waals surface area contributed by atoms with E-state index in [0.717, 1.165) is 12.6 Å². The maximum absolute atomic E-state index is 8.74. The van der Waals surface area contributed by atoms with Crippen LogP contribution in [0.25, 0.3) is 0 Å². The van der Waals surface area contributed by atoms with Crippen molar-refractivity contribution >= 4 is 11.3 Å². The van der Waals surface area contributed by atoms with Gasteiger partial charge in [-0.3, -0.25) is 4.90 Å². The van der Waals surface area contributed by atoms with Crippen molar-refractivity contribution in [1.29, 1.82) is 5.26 Å². The summed E-state index contributed by atoms with van der Waals surface area (Å²) >= 11 is 1.75. The molecule has 0 aromatic carbocycles. The first kappa shape index (κ1) is 10.7. The minimum atomic E-state index is 0.391. The lowest BCUT2D eigenvalue weighted by atomic mass is 10.2. The Morgan fingerprint density at radius 3 is 3.00 bits per heavy atom. The van der Waals surface area contributed by atoms with Gasteiger partial charge in [-0.15, -0.1) is 0 Å². The molecule has 0 bridgehead atoms. The number of hydrogen-bond acceptors (Lipinski definition) is 3. The molecular weight excluding hydrogens is 204 g/mol. The number of nitrogens with zero attached hydrogens (tertiary/aromatic N) is 2. The summed E-state index contributed by atoms with van der Waals surface area (Å²) in [6.45, 7) is 3.17. The largest absolute Gasteiger partial charge is 0.292 e. The van der Waals surface area contributed by atoms with Crippen LogP contribution in [-0.4, -0.2) is 17.0 Å². The van der Waals surface area contributed by atoms with Crippen molar-refractivity contribution in [1.82, 2.24) is 4.90 Å². The SMILES string of the molecule is CC(CC#N)N(Cc1ccsc1)C1CC1. The second kappa shape index (κ2) is 4.78. The molecule has 2 rings (SSSR count). The normalized spacial score (nSPS) is 17.7. The second-order valence-corrected chi connectivity index (χ2v) is 5.03. The standard InChI is InChI=1S/C12H16N2S/c1-10(4-6-13)14(12-2-3-12)8-11-5-7-15-9-11/h5,7,9-10,12H,2-4,8H2,1H3. The van der Waals surface area contributed by atoms with Crippen molar-refractivity contribution in [3.8, 4) is 6.07 Å². The minimum Gasteiger partial charge on any atom is -0.292 e. The zero-order chi connectivity index (χ0) is 10.7. The van der Waals surface area contributed by atoms with Crippen LogP contribution in [0.5, 0.6) is 0 Å². The predicted octanol–water partition coefficient (Wildman–Crippen LogP) is 3.01. The summed E-state index contributed by atoms with van der Waals surface area (Å²) in [5, 5.41) is 13.1. The lowest BCUT2D eigenvalue weighted by Crippen LogP contribution is -2.34. The van der Waals surface area contributed by atoms with Gasteiger partial charge < -0.3 is 0 Å². The Hall–Kier alpha value is -0.850. The highest BCUT2D eigenvalue weighted by molar-refractivity contribution is 7.07. The maximum atomic E-state index is 8.74. The van der Waals surface area contributed by atoms with Gasteiger partial charge in [-0.1, -0.05) is 0 Å². The van der Waals surface area contributed by atoms with Gasteiger partial charge in [0.15, 0.2) is 0 Å². The molecule has 0 aliphatic heterocycles. The predicted molar refractivity (Wildman–Crippen MR) is 62.6 cm³/mol. The quantitative estimate of drug-likeness (QED) is 0.762. The molecule has 1 atom stereocenters. The summed E-state index contributed by atoms with van der Waals surface area (Å²) in [6, 6.07) is 5.57.